The largest absolute Gasteiger partial charge is 0.424 e. The van der Waals surface area contributed by atoms with Gasteiger partial charge in [-0.05, 0) is 47.7 Å². The maximum Gasteiger partial charge on any atom is 0.322 e. The maximum absolute atomic E-state index is 5.74. The molecule has 0 aliphatic heterocycles. The molecule has 2 aromatic rings. The fourth-order valence-corrected chi connectivity index (χ4v) is 2.06. The van der Waals surface area contributed by atoms with Gasteiger partial charge in [-0.3, -0.25) is 0 Å². The maximum atomic E-state index is 5.74. The van der Waals surface area contributed by atoms with Gasteiger partial charge in [0, 0.05) is 21.0 Å². The van der Waals surface area contributed by atoms with E-state index in [4.69, 9.17) is 16.3 Å². The topological polar surface area (TPSA) is 35.0 Å². The van der Waals surface area contributed by atoms with Gasteiger partial charge in [0.15, 0.2) is 0 Å². The van der Waals surface area contributed by atoms with Crippen LogP contribution in [0.2, 0.25) is 0 Å². The summed E-state index contributed by atoms with van der Waals surface area (Å²) in [6, 6.07) is 8.07. The molecule has 1 aromatic heterocycles. The van der Waals surface area contributed by atoms with Gasteiger partial charge < -0.3 is 4.74 Å². The van der Waals surface area contributed by atoms with E-state index in [-0.39, 0.29) is 0 Å². The van der Waals surface area contributed by atoms with Gasteiger partial charge in [0.2, 0.25) is 0 Å². The molecule has 0 amide bonds. The van der Waals surface area contributed by atoms with Gasteiger partial charge in [-0.25, -0.2) is 4.98 Å². The Bertz CT molecular complexity index is 534. The minimum absolute atomic E-state index is 0.346. The lowest BCUT2D eigenvalue weighted by Gasteiger charge is -2.06. The summed E-state index contributed by atoms with van der Waals surface area (Å²) in [5.41, 5.74) is 1.76. The highest BCUT2D eigenvalue weighted by Crippen LogP contribution is 2.20. The quantitative estimate of drug-likeness (QED) is 0.615. The Kier molecular flexibility index (Phi) is 4.17. The highest BCUT2D eigenvalue weighted by Gasteiger charge is 2.04. The van der Waals surface area contributed by atoms with Crippen LogP contribution in [0.25, 0.3) is 0 Å². The average molecular weight is 361 g/mol. The molecule has 0 spiro atoms. The molecule has 3 nitrogen and oxygen atoms in total. The van der Waals surface area contributed by atoms with Crippen LogP contribution in [0.4, 0.5) is 0 Å². The summed E-state index contributed by atoms with van der Waals surface area (Å²) >= 11 is 7.97. The third-order valence-corrected chi connectivity index (χ3v) is 3.17. The van der Waals surface area contributed by atoms with Crippen LogP contribution >= 0.6 is 34.2 Å². The Hall–Kier alpha value is -0.880. The Morgan fingerprint density at radius 2 is 2.24 bits per heavy atom. The number of hydrogen-bond donors (Lipinski definition) is 0. The van der Waals surface area contributed by atoms with Gasteiger partial charge in [-0.2, -0.15) is 4.98 Å². The van der Waals surface area contributed by atoms with Crippen LogP contribution < -0.4 is 4.74 Å². The van der Waals surface area contributed by atoms with Gasteiger partial charge in [0.25, 0.3) is 0 Å². The zero-order chi connectivity index (χ0) is 12.3. The van der Waals surface area contributed by atoms with Crippen LogP contribution in [0, 0.1) is 10.5 Å². The minimum Gasteiger partial charge on any atom is -0.424 e. The number of aryl methyl sites for hydroxylation is 1. The van der Waals surface area contributed by atoms with E-state index < -0.39 is 0 Å². The van der Waals surface area contributed by atoms with Gasteiger partial charge in [0.05, 0.1) is 5.88 Å². The summed E-state index contributed by atoms with van der Waals surface area (Å²) in [5, 5.41) is 0. The monoisotopic (exact) mass is 360 g/mol. The SMILES string of the molecule is Cc1nc(Oc2cccc(I)c2)ncc1CCl. The number of alkyl halides is 1. The number of rotatable bonds is 3. The van der Waals surface area contributed by atoms with E-state index in [1.54, 1.807) is 6.20 Å². The second kappa shape index (κ2) is 5.64. The summed E-state index contributed by atoms with van der Waals surface area (Å²) in [5.74, 6) is 1.14. The number of ether oxygens (including phenoxy) is 1. The molecular weight excluding hydrogens is 351 g/mol. The van der Waals surface area contributed by atoms with Crippen LogP contribution in [0.3, 0.4) is 0 Å². The molecule has 0 saturated heterocycles. The number of benzene rings is 1. The van der Waals surface area contributed by atoms with E-state index >= 15 is 0 Å². The molecule has 0 bridgehead atoms. The first-order chi connectivity index (χ1) is 8.19. The molecule has 1 heterocycles. The highest BCUT2D eigenvalue weighted by molar-refractivity contribution is 14.1. The van der Waals surface area contributed by atoms with Crippen molar-refractivity contribution in [1.82, 2.24) is 9.97 Å². The van der Waals surface area contributed by atoms with Gasteiger partial charge >= 0.3 is 6.01 Å². The molecule has 17 heavy (non-hydrogen) atoms. The standard InChI is InChI=1S/C12H10ClIN2O/c1-8-9(6-13)7-15-12(16-8)17-11-4-2-3-10(14)5-11/h2-5,7H,6H2,1H3. The van der Waals surface area contributed by atoms with Gasteiger partial charge in [-0.15, -0.1) is 11.6 Å². The second-order valence-corrected chi connectivity index (χ2v) is 4.97. The molecule has 88 valence electrons. The van der Waals surface area contributed by atoms with Crippen molar-refractivity contribution in [2.45, 2.75) is 12.8 Å². The van der Waals surface area contributed by atoms with Crippen molar-refractivity contribution in [2.75, 3.05) is 0 Å². The van der Waals surface area contributed by atoms with E-state index in [1.165, 1.54) is 0 Å². The van der Waals surface area contributed by atoms with Crippen molar-refractivity contribution in [3.8, 4) is 11.8 Å². The number of halogens is 2. The second-order valence-electron chi connectivity index (χ2n) is 3.46. The summed E-state index contributed by atoms with van der Waals surface area (Å²) in [6.07, 6.45) is 1.69. The van der Waals surface area contributed by atoms with Crippen molar-refractivity contribution in [1.29, 1.82) is 0 Å². The lowest BCUT2D eigenvalue weighted by atomic mass is 10.3. The average Bonchev–Trinajstić information content (AvgIpc) is 2.29. The number of nitrogens with zero attached hydrogens (tertiary/aromatic N) is 2. The lowest BCUT2D eigenvalue weighted by Crippen LogP contribution is -1.97. The van der Waals surface area contributed by atoms with Gasteiger partial charge in [-0.1, -0.05) is 6.07 Å². The van der Waals surface area contributed by atoms with E-state index in [2.05, 4.69) is 32.6 Å². The Balaban J connectivity index is 2.22. The first-order valence-electron chi connectivity index (χ1n) is 5.01. The van der Waals surface area contributed by atoms with E-state index in [1.807, 2.05) is 31.2 Å². The van der Waals surface area contributed by atoms with Crippen LogP contribution in [-0.4, -0.2) is 9.97 Å². The highest BCUT2D eigenvalue weighted by atomic mass is 127. The molecular formula is C12H10ClIN2O. The van der Waals surface area contributed by atoms with Crippen LogP contribution in [0.5, 0.6) is 11.8 Å². The number of hydrogen-bond acceptors (Lipinski definition) is 3. The Morgan fingerprint density at radius 1 is 1.41 bits per heavy atom. The molecule has 0 unspecified atom stereocenters. The summed E-state index contributed by atoms with van der Waals surface area (Å²) in [4.78, 5) is 8.36. The third kappa shape index (κ3) is 3.29. The van der Waals surface area contributed by atoms with E-state index in [0.29, 0.717) is 11.9 Å². The van der Waals surface area contributed by atoms with Crippen LogP contribution in [0.1, 0.15) is 11.3 Å². The molecule has 5 heteroatoms. The summed E-state index contributed by atoms with van der Waals surface area (Å²) in [7, 11) is 0. The predicted octanol–water partition coefficient (Wildman–Crippen LogP) is 3.92. The normalized spacial score (nSPS) is 10.3. The summed E-state index contributed by atoms with van der Waals surface area (Å²) < 4.78 is 6.68. The zero-order valence-electron chi connectivity index (χ0n) is 9.15. The molecule has 2 rings (SSSR count). The van der Waals surface area contributed by atoms with Crippen molar-refractivity contribution < 1.29 is 4.74 Å². The fraction of sp³-hybridized carbons (Fsp3) is 0.167. The van der Waals surface area contributed by atoms with E-state index in [9.17, 15) is 0 Å². The van der Waals surface area contributed by atoms with Crippen LogP contribution in [-0.2, 0) is 5.88 Å². The third-order valence-electron chi connectivity index (χ3n) is 2.21. The van der Waals surface area contributed by atoms with Crippen molar-refractivity contribution in [3.05, 3.63) is 45.3 Å². The molecule has 0 aliphatic rings. The Labute approximate surface area is 118 Å². The molecule has 0 fully saturated rings. The molecule has 0 radical (unpaired) electrons. The van der Waals surface area contributed by atoms with Crippen molar-refractivity contribution in [3.63, 3.8) is 0 Å². The Morgan fingerprint density at radius 3 is 2.88 bits per heavy atom. The molecule has 0 aliphatic carbocycles. The molecule has 1 aromatic carbocycles. The van der Waals surface area contributed by atoms with Crippen molar-refractivity contribution in [2.24, 2.45) is 0 Å². The lowest BCUT2D eigenvalue weighted by molar-refractivity contribution is 0.439. The van der Waals surface area contributed by atoms with Crippen molar-refractivity contribution >= 4 is 34.2 Å². The molecule has 0 saturated carbocycles. The number of aromatic nitrogens is 2. The smallest absolute Gasteiger partial charge is 0.322 e. The molecule has 0 N–H and O–H groups in total. The first-order valence-corrected chi connectivity index (χ1v) is 6.62. The van der Waals surface area contributed by atoms with E-state index in [0.717, 1.165) is 20.6 Å². The minimum atomic E-state index is 0.346. The predicted molar refractivity (Wildman–Crippen MR) is 75.6 cm³/mol. The fourth-order valence-electron chi connectivity index (χ4n) is 1.29. The first kappa shape index (κ1) is 12.6. The summed E-state index contributed by atoms with van der Waals surface area (Å²) in [6.45, 7) is 1.89. The van der Waals surface area contributed by atoms with Gasteiger partial charge in [0.1, 0.15) is 5.75 Å². The zero-order valence-corrected chi connectivity index (χ0v) is 12.1. The van der Waals surface area contributed by atoms with Crippen LogP contribution in [0.15, 0.2) is 30.5 Å². The molecule has 0 atom stereocenters.